The maximum absolute atomic E-state index is 14.4. The summed E-state index contributed by atoms with van der Waals surface area (Å²) in [6, 6.07) is 7.22. The number of nitrogen functional groups attached to an aromatic ring is 1. The molecule has 3 heterocycles. The highest BCUT2D eigenvalue weighted by Gasteiger charge is 2.60. The van der Waals surface area contributed by atoms with Gasteiger partial charge in [0.1, 0.15) is 23.3 Å². The molecule has 2 atom stereocenters. The minimum Gasteiger partial charge on any atom is -0.390 e. The predicted molar refractivity (Wildman–Crippen MR) is 139 cm³/mol. The number of hydrogen-bond acceptors (Lipinski definition) is 8. The average molecular weight is 548 g/mol. The highest BCUT2D eigenvalue weighted by Crippen LogP contribution is 2.61. The van der Waals surface area contributed by atoms with Gasteiger partial charge < -0.3 is 20.7 Å². The summed E-state index contributed by atoms with van der Waals surface area (Å²) in [5.41, 5.74) is 6.51. The van der Waals surface area contributed by atoms with Gasteiger partial charge in [-0.3, -0.25) is 9.48 Å². The van der Waals surface area contributed by atoms with Crippen LogP contribution in [0.15, 0.2) is 47.3 Å². The van der Waals surface area contributed by atoms with E-state index in [2.05, 4.69) is 25.5 Å². The van der Waals surface area contributed by atoms with E-state index in [0.717, 1.165) is 38.2 Å². The number of hydrogen-bond donors (Lipinski definition) is 3. The van der Waals surface area contributed by atoms with Crippen molar-refractivity contribution in [2.45, 2.75) is 50.7 Å². The summed E-state index contributed by atoms with van der Waals surface area (Å²) in [4.78, 5) is 22.3. The van der Waals surface area contributed by atoms with Gasteiger partial charge in [0.05, 0.1) is 29.5 Å². The summed E-state index contributed by atoms with van der Waals surface area (Å²) in [5, 5.41) is 22.4. The lowest BCUT2D eigenvalue weighted by molar-refractivity contribution is -0.174. The van der Waals surface area contributed by atoms with E-state index >= 15 is 0 Å². The molecule has 10 nitrogen and oxygen atoms in total. The molecule has 0 saturated heterocycles. The molecule has 0 radical (unpaired) electrons. The molecule has 4 aliphatic rings. The van der Waals surface area contributed by atoms with E-state index in [1.54, 1.807) is 12.1 Å². The van der Waals surface area contributed by atoms with Crippen LogP contribution in [0.1, 0.15) is 44.1 Å². The van der Waals surface area contributed by atoms with E-state index < -0.39 is 22.7 Å². The quantitative estimate of drug-likeness (QED) is 0.326. The smallest absolute Gasteiger partial charge is 0.230 e. The summed E-state index contributed by atoms with van der Waals surface area (Å²) < 4.78 is 34.6. The topological polar surface area (TPSA) is 145 Å². The van der Waals surface area contributed by atoms with E-state index in [1.807, 2.05) is 0 Å². The normalized spacial score (nSPS) is 26.8. The second-order valence-corrected chi connectivity index (χ2v) is 11.6. The van der Waals surface area contributed by atoms with Gasteiger partial charge >= 0.3 is 0 Å². The average Bonchev–Trinajstić information content (AvgIpc) is 3.57. The van der Waals surface area contributed by atoms with E-state index in [4.69, 9.17) is 10.3 Å². The number of benzene rings is 1. The molecule has 12 heteroatoms. The van der Waals surface area contributed by atoms with Gasteiger partial charge in [0.2, 0.25) is 5.91 Å². The standard InChI is InChI=1S/C28H27F2N7O3/c29-18-3-1-2-17(23(18)30)13-37-22(19-4-5-40-36-19)7-20(35-37)25-32-12-21(24(31)34-25)33-26(38)27-8-15-6-16(9-27)11-28(39,10-15)14-27/h1-5,7,12,15-16,39H,6,8-11,13-14H2,(H,33,38)(H2,31,32,34). The van der Waals surface area contributed by atoms with Crippen molar-refractivity contribution in [3.8, 4) is 22.9 Å². The SMILES string of the molecule is Nc1nc(-c2cc(-c3ccon3)n(Cc3cccc(F)c3F)n2)ncc1NC(=O)C12CC3CC(CC(O)(C3)C1)C2. The van der Waals surface area contributed by atoms with Crippen LogP contribution in [0.3, 0.4) is 0 Å². The Morgan fingerprint density at radius 3 is 2.67 bits per heavy atom. The summed E-state index contributed by atoms with van der Waals surface area (Å²) in [6.45, 7) is -0.0776. The Morgan fingerprint density at radius 2 is 1.98 bits per heavy atom. The molecule has 0 aliphatic heterocycles. The molecule has 4 saturated carbocycles. The summed E-state index contributed by atoms with van der Waals surface area (Å²) in [6.07, 6.45) is 7.45. The highest BCUT2D eigenvalue weighted by molar-refractivity contribution is 5.97. The fourth-order valence-electron chi connectivity index (χ4n) is 7.38. The van der Waals surface area contributed by atoms with Gasteiger partial charge in [-0.1, -0.05) is 17.3 Å². The van der Waals surface area contributed by atoms with Gasteiger partial charge in [-0.15, -0.1) is 0 Å². The molecule has 3 aromatic heterocycles. The molecule has 4 bridgehead atoms. The molecule has 206 valence electrons. The molecule has 1 amide bonds. The van der Waals surface area contributed by atoms with E-state index in [9.17, 15) is 18.7 Å². The maximum atomic E-state index is 14.4. The molecule has 8 rings (SSSR count). The predicted octanol–water partition coefficient (Wildman–Crippen LogP) is 4.17. The van der Waals surface area contributed by atoms with Crippen molar-refractivity contribution in [1.82, 2.24) is 24.9 Å². The number of nitrogens with one attached hydrogen (secondary N) is 1. The van der Waals surface area contributed by atoms with Crippen LogP contribution in [0, 0.1) is 28.9 Å². The molecule has 4 aliphatic carbocycles. The van der Waals surface area contributed by atoms with Gasteiger partial charge in [-0.05, 0) is 62.5 Å². The monoisotopic (exact) mass is 547 g/mol. The molecule has 1 aromatic carbocycles. The Morgan fingerprint density at radius 1 is 1.18 bits per heavy atom. The van der Waals surface area contributed by atoms with Crippen molar-refractivity contribution in [2.75, 3.05) is 11.1 Å². The lowest BCUT2D eigenvalue weighted by Gasteiger charge is -2.59. The van der Waals surface area contributed by atoms with Crippen LogP contribution in [0.25, 0.3) is 22.9 Å². The molecule has 40 heavy (non-hydrogen) atoms. The number of anilines is 2. The Hall–Kier alpha value is -4.19. The summed E-state index contributed by atoms with van der Waals surface area (Å²) in [7, 11) is 0. The number of amides is 1. The van der Waals surface area contributed by atoms with Crippen LogP contribution in [-0.4, -0.2) is 41.5 Å². The number of aromatic nitrogens is 5. The molecule has 4 N–H and O–H groups in total. The van der Waals surface area contributed by atoms with E-state index in [-0.39, 0.29) is 35.3 Å². The van der Waals surface area contributed by atoms with Gasteiger partial charge in [-0.2, -0.15) is 5.10 Å². The zero-order chi connectivity index (χ0) is 27.6. The first-order valence-electron chi connectivity index (χ1n) is 13.3. The van der Waals surface area contributed by atoms with Crippen molar-refractivity contribution >= 4 is 17.4 Å². The van der Waals surface area contributed by atoms with Gasteiger partial charge in [-0.25, -0.2) is 18.7 Å². The van der Waals surface area contributed by atoms with Crippen LogP contribution in [0.2, 0.25) is 0 Å². The third-order valence-corrected chi connectivity index (χ3v) is 8.64. The van der Waals surface area contributed by atoms with Crippen molar-refractivity contribution in [3.63, 3.8) is 0 Å². The second-order valence-electron chi connectivity index (χ2n) is 11.6. The minimum atomic E-state index is -0.961. The van der Waals surface area contributed by atoms with Crippen LogP contribution in [0.4, 0.5) is 20.3 Å². The molecular weight excluding hydrogens is 520 g/mol. The first-order chi connectivity index (χ1) is 19.2. The maximum Gasteiger partial charge on any atom is 0.230 e. The molecule has 4 aromatic rings. The largest absolute Gasteiger partial charge is 0.390 e. The number of carbonyl (C=O) groups is 1. The van der Waals surface area contributed by atoms with Crippen LogP contribution in [-0.2, 0) is 11.3 Å². The van der Waals surface area contributed by atoms with Crippen molar-refractivity contribution in [2.24, 2.45) is 17.3 Å². The van der Waals surface area contributed by atoms with Crippen molar-refractivity contribution in [3.05, 3.63) is 60.0 Å². The fraction of sp³-hybridized carbons (Fsp3) is 0.393. The minimum absolute atomic E-state index is 0.0653. The highest BCUT2D eigenvalue weighted by atomic mass is 19.2. The molecular formula is C28H27F2N7O3. The number of halogens is 2. The van der Waals surface area contributed by atoms with E-state index in [0.29, 0.717) is 35.3 Å². The molecule has 0 spiro atoms. The number of rotatable bonds is 6. The number of aliphatic hydroxyl groups is 1. The van der Waals surface area contributed by atoms with Gasteiger partial charge in [0, 0.05) is 11.6 Å². The molecule has 4 fully saturated rings. The van der Waals surface area contributed by atoms with Crippen LogP contribution in [0.5, 0.6) is 0 Å². The van der Waals surface area contributed by atoms with Crippen molar-refractivity contribution in [1.29, 1.82) is 0 Å². The number of carbonyl (C=O) groups excluding carboxylic acids is 1. The number of nitrogens with two attached hydrogens (primary N) is 1. The Kier molecular flexibility index (Phi) is 5.53. The number of nitrogens with zero attached hydrogens (tertiary/aromatic N) is 5. The first kappa shape index (κ1) is 24.8. The lowest BCUT2D eigenvalue weighted by atomic mass is 9.47. The van der Waals surface area contributed by atoms with Gasteiger partial charge in [0.25, 0.3) is 0 Å². The summed E-state index contributed by atoms with van der Waals surface area (Å²) in [5.74, 6) is -1.09. The Balaban J connectivity index is 1.16. The first-order valence-corrected chi connectivity index (χ1v) is 13.3. The zero-order valence-corrected chi connectivity index (χ0v) is 21.5. The van der Waals surface area contributed by atoms with Crippen LogP contribution < -0.4 is 11.1 Å². The lowest BCUT2D eigenvalue weighted by Crippen LogP contribution is -2.59. The Labute approximate surface area is 227 Å². The third-order valence-electron chi connectivity index (χ3n) is 8.64. The third kappa shape index (κ3) is 4.14. The summed E-state index contributed by atoms with van der Waals surface area (Å²) >= 11 is 0. The van der Waals surface area contributed by atoms with E-state index in [1.165, 1.54) is 29.3 Å². The van der Waals surface area contributed by atoms with Crippen molar-refractivity contribution < 1.29 is 23.2 Å². The zero-order valence-electron chi connectivity index (χ0n) is 21.5. The fourth-order valence-corrected chi connectivity index (χ4v) is 7.38. The van der Waals surface area contributed by atoms with Crippen LogP contribution >= 0.6 is 0 Å². The second kappa shape index (κ2) is 8.91. The van der Waals surface area contributed by atoms with Gasteiger partial charge in [0.15, 0.2) is 23.3 Å². The Bertz CT molecular complexity index is 1610. The molecule has 2 unspecified atom stereocenters.